The highest BCUT2D eigenvalue weighted by molar-refractivity contribution is 5.27. The smallest absolute Gasteiger partial charge is 0.118 e. The number of aliphatic hydroxyl groups is 1. The van der Waals surface area contributed by atoms with E-state index in [-0.39, 0.29) is 0 Å². The minimum absolute atomic E-state index is 0.297. The number of hydrogen-bond acceptors (Lipinski definition) is 3. The van der Waals surface area contributed by atoms with Gasteiger partial charge in [0, 0.05) is 12.6 Å². The van der Waals surface area contributed by atoms with Crippen LogP contribution in [0.5, 0.6) is 5.75 Å². The highest BCUT2D eigenvalue weighted by Gasteiger charge is 2.28. The zero-order valence-electron chi connectivity index (χ0n) is 11.3. The monoisotopic (exact) mass is 249 g/mol. The van der Waals surface area contributed by atoms with Crippen molar-refractivity contribution < 1.29 is 9.84 Å². The lowest BCUT2D eigenvalue weighted by Crippen LogP contribution is -2.45. The summed E-state index contributed by atoms with van der Waals surface area (Å²) in [4.78, 5) is 2.38. The summed E-state index contributed by atoms with van der Waals surface area (Å²) in [5, 5.41) is 9.49. The molecule has 0 spiro atoms. The highest BCUT2D eigenvalue weighted by atomic mass is 16.5. The second-order valence-corrected chi connectivity index (χ2v) is 5.19. The first-order chi connectivity index (χ1) is 8.74. The van der Waals surface area contributed by atoms with E-state index in [9.17, 15) is 5.11 Å². The van der Waals surface area contributed by atoms with E-state index in [2.05, 4.69) is 24.1 Å². The average molecular weight is 249 g/mol. The van der Waals surface area contributed by atoms with Gasteiger partial charge in [-0.3, -0.25) is 0 Å². The van der Waals surface area contributed by atoms with Crippen LogP contribution in [0.25, 0.3) is 0 Å². The SMILES string of the molecule is COc1ccc(C[C@H]2[C@H](CO)CCCN2C)cc1. The molecule has 1 saturated heterocycles. The molecule has 1 aliphatic rings. The van der Waals surface area contributed by atoms with Crippen molar-refractivity contribution in [2.75, 3.05) is 27.3 Å². The third-order valence-electron chi connectivity index (χ3n) is 4.03. The van der Waals surface area contributed by atoms with Gasteiger partial charge in [0.1, 0.15) is 5.75 Å². The molecule has 1 heterocycles. The largest absolute Gasteiger partial charge is 0.497 e. The molecule has 0 unspecified atom stereocenters. The number of aliphatic hydroxyl groups excluding tert-OH is 1. The Morgan fingerprint density at radius 1 is 1.33 bits per heavy atom. The van der Waals surface area contributed by atoms with E-state index >= 15 is 0 Å². The van der Waals surface area contributed by atoms with Gasteiger partial charge in [0.15, 0.2) is 0 Å². The zero-order chi connectivity index (χ0) is 13.0. The fraction of sp³-hybridized carbons (Fsp3) is 0.600. The van der Waals surface area contributed by atoms with Crippen LogP contribution in [0, 0.1) is 5.92 Å². The third-order valence-corrected chi connectivity index (χ3v) is 4.03. The van der Waals surface area contributed by atoms with Gasteiger partial charge in [-0.15, -0.1) is 0 Å². The van der Waals surface area contributed by atoms with Gasteiger partial charge in [-0.25, -0.2) is 0 Å². The summed E-state index contributed by atoms with van der Waals surface area (Å²) in [7, 11) is 3.85. The number of likely N-dealkylation sites (tertiary alicyclic amines) is 1. The minimum atomic E-state index is 0.297. The molecular weight excluding hydrogens is 226 g/mol. The molecule has 0 bridgehead atoms. The number of hydrogen-bond donors (Lipinski definition) is 1. The molecule has 1 aliphatic heterocycles. The van der Waals surface area contributed by atoms with Crippen molar-refractivity contribution in [3.8, 4) is 5.75 Å². The molecular formula is C15H23NO2. The Labute approximate surface area is 109 Å². The molecule has 3 nitrogen and oxygen atoms in total. The van der Waals surface area contributed by atoms with E-state index in [0.717, 1.165) is 25.1 Å². The zero-order valence-corrected chi connectivity index (χ0v) is 11.3. The molecule has 1 N–H and O–H groups in total. The van der Waals surface area contributed by atoms with Crippen LogP contribution in [0.4, 0.5) is 0 Å². The van der Waals surface area contributed by atoms with Crippen molar-refractivity contribution >= 4 is 0 Å². The van der Waals surface area contributed by atoms with E-state index in [1.54, 1.807) is 7.11 Å². The first kappa shape index (κ1) is 13.4. The van der Waals surface area contributed by atoms with Crippen molar-refractivity contribution in [1.82, 2.24) is 4.90 Å². The fourth-order valence-electron chi connectivity index (χ4n) is 2.86. The van der Waals surface area contributed by atoms with Crippen molar-refractivity contribution in [3.05, 3.63) is 29.8 Å². The number of nitrogens with zero attached hydrogens (tertiary/aromatic N) is 1. The first-order valence-corrected chi connectivity index (χ1v) is 6.68. The van der Waals surface area contributed by atoms with Crippen LogP contribution in [0.2, 0.25) is 0 Å². The summed E-state index contributed by atoms with van der Waals surface area (Å²) in [6.45, 7) is 1.43. The molecule has 2 atom stereocenters. The van der Waals surface area contributed by atoms with Gasteiger partial charge >= 0.3 is 0 Å². The molecule has 0 amide bonds. The van der Waals surface area contributed by atoms with Crippen molar-refractivity contribution in [3.63, 3.8) is 0 Å². The number of likely N-dealkylation sites (N-methyl/N-ethyl adjacent to an activating group) is 1. The Kier molecular flexibility index (Phi) is 4.61. The Hall–Kier alpha value is -1.06. The van der Waals surface area contributed by atoms with Gasteiger partial charge in [0.25, 0.3) is 0 Å². The lowest BCUT2D eigenvalue weighted by Gasteiger charge is -2.38. The van der Waals surface area contributed by atoms with Crippen LogP contribution in [0.3, 0.4) is 0 Å². The van der Waals surface area contributed by atoms with E-state index in [1.165, 1.54) is 12.0 Å². The standard InChI is InChI=1S/C15H23NO2/c1-16-9-3-4-13(11-17)15(16)10-12-5-7-14(18-2)8-6-12/h5-8,13,15,17H,3-4,9-11H2,1-2H3/t13-,15-/m0/s1. The van der Waals surface area contributed by atoms with Crippen molar-refractivity contribution in [2.24, 2.45) is 5.92 Å². The summed E-state index contributed by atoms with van der Waals surface area (Å²) < 4.78 is 5.17. The van der Waals surface area contributed by atoms with Crippen LogP contribution in [-0.2, 0) is 6.42 Å². The topological polar surface area (TPSA) is 32.7 Å². The van der Waals surface area contributed by atoms with Crippen LogP contribution >= 0.6 is 0 Å². The molecule has 1 aromatic rings. The number of benzene rings is 1. The minimum Gasteiger partial charge on any atom is -0.497 e. The van der Waals surface area contributed by atoms with Crippen LogP contribution < -0.4 is 4.74 Å². The number of ether oxygens (including phenoxy) is 1. The normalized spacial score (nSPS) is 25.1. The first-order valence-electron chi connectivity index (χ1n) is 6.68. The maximum absolute atomic E-state index is 9.49. The van der Waals surface area contributed by atoms with E-state index in [1.807, 2.05) is 12.1 Å². The van der Waals surface area contributed by atoms with Gasteiger partial charge in [-0.1, -0.05) is 12.1 Å². The van der Waals surface area contributed by atoms with Gasteiger partial charge in [0.2, 0.25) is 0 Å². The van der Waals surface area contributed by atoms with Gasteiger partial charge in [0.05, 0.1) is 7.11 Å². The van der Waals surface area contributed by atoms with E-state index in [4.69, 9.17) is 4.74 Å². The molecule has 2 rings (SSSR count). The Balaban J connectivity index is 2.05. The Morgan fingerprint density at radius 3 is 2.67 bits per heavy atom. The maximum atomic E-state index is 9.49. The molecule has 18 heavy (non-hydrogen) atoms. The predicted molar refractivity (Wildman–Crippen MR) is 72.9 cm³/mol. The number of piperidine rings is 1. The summed E-state index contributed by atoms with van der Waals surface area (Å²) in [5.41, 5.74) is 1.31. The quantitative estimate of drug-likeness (QED) is 0.885. The molecule has 3 heteroatoms. The van der Waals surface area contributed by atoms with Crippen molar-refractivity contribution in [1.29, 1.82) is 0 Å². The lowest BCUT2D eigenvalue weighted by atomic mass is 9.86. The number of methoxy groups -OCH3 is 1. The fourth-order valence-corrected chi connectivity index (χ4v) is 2.86. The summed E-state index contributed by atoms with van der Waals surface area (Å²) in [6.07, 6.45) is 3.34. The molecule has 100 valence electrons. The second kappa shape index (κ2) is 6.21. The van der Waals surface area contributed by atoms with Gasteiger partial charge in [-0.05, 0) is 56.5 Å². The predicted octanol–water partition coefficient (Wildman–Crippen LogP) is 1.94. The summed E-state index contributed by atoms with van der Waals surface area (Å²) in [5.74, 6) is 1.31. The van der Waals surface area contributed by atoms with Crippen molar-refractivity contribution in [2.45, 2.75) is 25.3 Å². The highest BCUT2D eigenvalue weighted by Crippen LogP contribution is 2.25. The van der Waals surface area contributed by atoms with E-state index < -0.39 is 0 Å². The molecule has 0 aliphatic carbocycles. The van der Waals surface area contributed by atoms with Gasteiger partial charge in [-0.2, -0.15) is 0 Å². The lowest BCUT2D eigenvalue weighted by molar-refractivity contribution is 0.0746. The maximum Gasteiger partial charge on any atom is 0.118 e. The second-order valence-electron chi connectivity index (χ2n) is 5.19. The molecule has 0 saturated carbocycles. The van der Waals surface area contributed by atoms with Crippen LogP contribution in [-0.4, -0.2) is 43.4 Å². The summed E-state index contributed by atoms with van der Waals surface area (Å²) in [6, 6.07) is 8.71. The Bertz CT molecular complexity index is 363. The summed E-state index contributed by atoms with van der Waals surface area (Å²) >= 11 is 0. The molecule has 1 aromatic carbocycles. The molecule has 0 radical (unpaired) electrons. The third kappa shape index (κ3) is 3.03. The average Bonchev–Trinajstić information content (AvgIpc) is 2.42. The van der Waals surface area contributed by atoms with Crippen LogP contribution in [0.15, 0.2) is 24.3 Å². The Morgan fingerprint density at radius 2 is 2.06 bits per heavy atom. The van der Waals surface area contributed by atoms with Crippen LogP contribution in [0.1, 0.15) is 18.4 Å². The molecule has 0 aromatic heterocycles. The number of rotatable bonds is 4. The van der Waals surface area contributed by atoms with E-state index in [0.29, 0.717) is 18.6 Å². The van der Waals surface area contributed by atoms with Gasteiger partial charge < -0.3 is 14.7 Å². The molecule has 1 fully saturated rings.